The van der Waals surface area contributed by atoms with Gasteiger partial charge < -0.3 is 0 Å². The van der Waals surface area contributed by atoms with Gasteiger partial charge in [-0.2, -0.15) is 5.10 Å². The Morgan fingerprint density at radius 1 is 1.35 bits per heavy atom. The van der Waals surface area contributed by atoms with Gasteiger partial charge in [-0.1, -0.05) is 0 Å². The van der Waals surface area contributed by atoms with Gasteiger partial charge in [0.2, 0.25) is 10.0 Å². The smallest absolute Gasteiger partial charge is 0.211 e. The van der Waals surface area contributed by atoms with Crippen molar-refractivity contribution in [2.45, 2.75) is 32.2 Å². The summed E-state index contributed by atoms with van der Waals surface area (Å²) in [5, 5.41) is 4.26. The molecule has 7 nitrogen and oxygen atoms in total. The Labute approximate surface area is 136 Å². The standard InChI is InChI=1S/C15H21N5O2S/c1-3-20-15(6-7-17-20)14-10-16-9-13(18-14)12-5-4-8-19(11-12)23(2,21)22/h6-7,9-10,12H,3-5,8,11H2,1-2H3/t12-/m1/s1. The third kappa shape index (κ3) is 3.42. The van der Waals surface area contributed by atoms with Crippen molar-refractivity contribution in [2.24, 2.45) is 0 Å². The molecule has 0 aromatic carbocycles. The van der Waals surface area contributed by atoms with Crippen LogP contribution >= 0.6 is 0 Å². The minimum absolute atomic E-state index is 0.0870. The molecule has 2 aromatic heterocycles. The molecule has 0 amide bonds. The highest BCUT2D eigenvalue weighted by molar-refractivity contribution is 7.88. The molecule has 0 aliphatic carbocycles. The molecule has 0 N–H and O–H groups in total. The summed E-state index contributed by atoms with van der Waals surface area (Å²) in [5.74, 6) is 0.0870. The molecule has 1 fully saturated rings. The van der Waals surface area contributed by atoms with Crippen molar-refractivity contribution in [2.75, 3.05) is 19.3 Å². The molecule has 1 aliphatic rings. The molecule has 0 radical (unpaired) electrons. The van der Waals surface area contributed by atoms with Crippen molar-refractivity contribution in [3.63, 3.8) is 0 Å². The fraction of sp³-hybridized carbons (Fsp3) is 0.533. The minimum atomic E-state index is -3.16. The van der Waals surface area contributed by atoms with Crippen molar-refractivity contribution in [3.05, 3.63) is 30.4 Å². The lowest BCUT2D eigenvalue weighted by Crippen LogP contribution is -2.38. The maximum absolute atomic E-state index is 11.8. The van der Waals surface area contributed by atoms with E-state index in [1.165, 1.54) is 10.6 Å². The van der Waals surface area contributed by atoms with Gasteiger partial charge >= 0.3 is 0 Å². The van der Waals surface area contributed by atoms with Crippen LogP contribution in [-0.4, -0.2) is 51.8 Å². The van der Waals surface area contributed by atoms with E-state index in [0.29, 0.717) is 13.1 Å². The van der Waals surface area contributed by atoms with E-state index in [1.54, 1.807) is 18.6 Å². The summed E-state index contributed by atoms with van der Waals surface area (Å²) in [6.07, 6.45) is 8.25. The molecule has 0 saturated carbocycles. The highest BCUT2D eigenvalue weighted by atomic mass is 32.2. The molecule has 0 unspecified atom stereocenters. The molecule has 1 saturated heterocycles. The lowest BCUT2D eigenvalue weighted by atomic mass is 9.96. The summed E-state index contributed by atoms with van der Waals surface area (Å²) in [7, 11) is -3.16. The van der Waals surface area contributed by atoms with E-state index in [2.05, 4.69) is 10.1 Å². The first kappa shape index (κ1) is 16.1. The predicted molar refractivity (Wildman–Crippen MR) is 87.3 cm³/mol. The van der Waals surface area contributed by atoms with Crippen LogP contribution in [0.1, 0.15) is 31.4 Å². The van der Waals surface area contributed by atoms with Gasteiger partial charge in [-0.25, -0.2) is 17.7 Å². The zero-order valence-electron chi connectivity index (χ0n) is 13.4. The summed E-state index contributed by atoms with van der Waals surface area (Å²) in [4.78, 5) is 9.03. The van der Waals surface area contributed by atoms with Gasteiger partial charge in [0.1, 0.15) is 5.69 Å². The highest BCUT2D eigenvalue weighted by Gasteiger charge is 2.28. The van der Waals surface area contributed by atoms with Gasteiger partial charge in [0.25, 0.3) is 0 Å². The molecule has 8 heteroatoms. The number of sulfonamides is 1. The normalized spacial score (nSPS) is 19.8. The zero-order valence-corrected chi connectivity index (χ0v) is 14.2. The summed E-state index contributed by atoms with van der Waals surface area (Å²) in [5.41, 5.74) is 2.55. The minimum Gasteiger partial charge on any atom is -0.264 e. The first-order valence-corrected chi connectivity index (χ1v) is 9.63. The van der Waals surface area contributed by atoms with Crippen molar-refractivity contribution >= 4 is 10.0 Å². The summed E-state index contributed by atoms with van der Waals surface area (Å²) in [6.45, 7) is 3.85. The predicted octanol–water partition coefficient (Wildman–Crippen LogP) is 1.50. The number of hydrogen-bond acceptors (Lipinski definition) is 5. The average molecular weight is 335 g/mol. The number of aryl methyl sites for hydroxylation is 1. The summed E-state index contributed by atoms with van der Waals surface area (Å²) < 4.78 is 27.0. The van der Waals surface area contributed by atoms with E-state index in [0.717, 1.165) is 36.5 Å². The maximum Gasteiger partial charge on any atom is 0.211 e. The first-order chi connectivity index (χ1) is 11.0. The average Bonchev–Trinajstić information content (AvgIpc) is 3.03. The van der Waals surface area contributed by atoms with Crippen LogP contribution in [0, 0.1) is 0 Å². The second-order valence-corrected chi connectivity index (χ2v) is 7.80. The van der Waals surface area contributed by atoms with Crippen LogP contribution in [-0.2, 0) is 16.6 Å². The van der Waals surface area contributed by atoms with Gasteiger partial charge in [-0.3, -0.25) is 9.67 Å². The maximum atomic E-state index is 11.8. The second-order valence-electron chi connectivity index (χ2n) is 5.82. The summed E-state index contributed by atoms with van der Waals surface area (Å²) in [6, 6.07) is 1.92. The van der Waals surface area contributed by atoms with Crippen LogP contribution in [0.15, 0.2) is 24.7 Å². The largest absolute Gasteiger partial charge is 0.264 e. The Balaban J connectivity index is 1.88. The number of aromatic nitrogens is 4. The fourth-order valence-corrected chi connectivity index (χ4v) is 3.90. The molecular weight excluding hydrogens is 314 g/mol. The molecule has 1 atom stereocenters. The lowest BCUT2D eigenvalue weighted by molar-refractivity contribution is 0.314. The second kappa shape index (κ2) is 6.37. The van der Waals surface area contributed by atoms with Gasteiger partial charge in [0, 0.05) is 37.9 Å². The van der Waals surface area contributed by atoms with Crippen molar-refractivity contribution in [1.82, 2.24) is 24.1 Å². The van der Waals surface area contributed by atoms with Crippen LogP contribution in [0.4, 0.5) is 0 Å². The van der Waals surface area contributed by atoms with E-state index >= 15 is 0 Å². The molecule has 3 rings (SSSR count). The third-order valence-electron chi connectivity index (χ3n) is 4.20. The number of rotatable bonds is 4. The Morgan fingerprint density at radius 3 is 2.91 bits per heavy atom. The van der Waals surface area contributed by atoms with E-state index in [9.17, 15) is 8.42 Å². The number of hydrogen-bond donors (Lipinski definition) is 0. The van der Waals surface area contributed by atoms with Crippen LogP contribution in [0.5, 0.6) is 0 Å². The topological polar surface area (TPSA) is 81.0 Å². The van der Waals surface area contributed by atoms with Crippen LogP contribution in [0.3, 0.4) is 0 Å². The van der Waals surface area contributed by atoms with Gasteiger partial charge in [-0.15, -0.1) is 0 Å². The molecule has 124 valence electrons. The monoisotopic (exact) mass is 335 g/mol. The molecular formula is C15H21N5O2S. The molecule has 23 heavy (non-hydrogen) atoms. The Morgan fingerprint density at radius 2 is 2.17 bits per heavy atom. The molecule has 0 bridgehead atoms. The molecule has 2 aromatic rings. The Bertz CT molecular complexity index is 787. The van der Waals surface area contributed by atoms with E-state index in [-0.39, 0.29) is 5.92 Å². The van der Waals surface area contributed by atoms with Crippen LogP contribution in [0.25, 0.3) is 11.4 Å². The van der Waals surface area contributed by atoms with Crippen LogP contribution < -0.4 is 0 Å². The molecule has 0 spiro atoms. The van der Waals surface area contributed by atoms with E-state index in [4.69, 9.17) is 4.98 Å². The highest BCUT2D eigenvalue weighted by Crippen LogP contribution is 2.28. The van der Waals surface area contributed by atoms with Crippen molar-refractivity contribution in [3.8, 4) is 11.4 Å². The molecule has 1 aliphatic heterocycles. The Hall–Kier alpha value is -1.80. The fourth-order valence-electron chi connectivity index (χ4n) is 2.99. The Kier molecular flexibility index (Phi) is 4.45. The van der Waals surface area contributed by atoms with E-state index < -0.39 is 10.0 Å². The quantitative estimate of drug-likeness (QED) is 0.846. The van der Waals surface area contributed by atoms with E-state index in [1.807, 2.05) is 17.7 Å². The van der Waals surface area contributed by atoms with Gasteiger partial charge in [0.05, 0.1) is 23.8 Å². The van der Waals surface area contributed by atoms with Gasteiger partial charge in [-0.05, 0) is 25.8 Å². The number of piperidine rings is 1. The first-order valence-electron chi connectivity index (χ1n) is 7.78. The van der Waals surface area contributed by atoms with Crippen molar-refractivity contribution < 1.29 is 8.42 Å². The van der Waals surface area contributed by atoms with Crippen molar-refractivity contribution in [1.29, 1.82) is 0 Å². The summed E-state index contributed by atoms with van der Waals surface area (Å²) >= 11 is 0. The third-order valence-corrected chi connectivity index (χ3v) is 5.47. The molecule has 3 heterocycles. The van der Waals surface area contributed by atoms with Crippen LogP contribution in [0.2, 0.25) is 0 Å². The number of nitrogens with zero attached hydrogens (tertiary/aromatic N) is 5. The lowest BCUT2D eigenvalue weighted by Gasteiger charge is -2.30. The SMILES string of the molecule is CCn1nccc1-c1cncc([C@@H]2CCCN(S(C)(=O)=O)C2)n1. The van der Waals surface area contributed by atoms with Gasteiger partial charge in [0.15, 0.2) is 0 Å². The zero-order chi connectivity index (χ0) is 16.4.